The number of thioether (sulfide) groups is 1. The maximum Gasteiger partial charge on any atom is 0.272 e. The Morgan fingerprint density at radius 3 is 2.61 bits per heavy atom. The fourth-order valence-electron chi connectivity index (χ4n) is 4.41. The van der Waals surface area contributed by atoms with E-state index in [1.165, 1.54) is 39.3 Å². The third-order valence-corrected chi connectivity index (χ3v) is 9.28. The summed E-state index contributed by atoms with van der Waals surface area (Å²) in [6.45, 7) is 0. The van der Waals surface area contributed by atoms with Gasteiger partial charge in [0.25, 0.3) is 11.8 Å². The van der Waals surface area contributed by atoms with Crippen LogP contribution in [-0.4, -0.2) is 23.5 Å². The number of nitriles is 1. The zero-order valence-corrected chi connectivity index (χ0v) is 24.4. The first-order chi connectivity index (χ1) is 20.0. The number of hydrogen-bond donors (Lipinski definition) is 3. The Hall–Kier alpha value is -4.17. The van der Waals surface area contributed by atoms with E-state index in [2.05, 4.69) is 22.0 Å². The van der Waals surface area contributed by atoms with Crippen molar-refractivity contribution < 1.29 is 14.4 Å². The molecule has 0 saturated carbocycles. The molecule has 1 aliphatic rings. The van der Waals surface area contributed by atoms with Crippen LogP contribution in [0, 0.1) is 11.3 Å². The Morgan fingerprint density at radius 1 is 1.00 bits per heavy atom. The average molecular weight is 599 g/mol. The van der Waals surface area contributed by atoms with Gasteiger partial charge >= 0.3 is 0 Å². The van der Waals surface area contributed by atoms with Crippen molar-refractivity contribution in [2.45, 2.75) is 30.6 Å². The molecule has 2 heterocycles. The third kappa shape index (κ3) is 7.32. The van der Waals surface area contributed by atoms with Gasteiger partial charge in [-0.3, -0.25) is 14.4 Å². The van der Waals surface area contributed by atoms with Crippen molar-refractivity contribution in [3.63, 3.8) is 0 Å². The first kappa shape index (κ1) is 28.4. The van der Waals surface area contributed by atoms with Crippen LogP contribution in [0.15, 0.2) is 82.0 Å². The van der Waals surface area contributed by atoms with E-state index in [1.807, 2.05) is 29.0 Å². The number of rotatable bonds is 9. The summed E-state index contributed by atoms with van der Waals surface area (Å²) < 4.78 is 0. The van der Waals surface area contributed by atoms with E-state index in [9.17, 15) is 19.6 Å². The van der Waals surface area contributed by atoms with Crippen LogP contribution in [0.5, 0.6) is 0 Å². The number of nitrogens with one attached hydrogen (secondary N) is 3. The lowest BCUT2D eigenvalue weighted by Crippen LogP contribution is -2.30. The highest BCUT2D eigenvalue weighted by molar-refractivity contribution is 8.00. The molecule has 0 spiro atoms. The second kappa shape index (κ2) is 13.5. The van der Waals surface area contributed by atoms with Crippen LogP contribution in [-0.2, 0) is 22.4 Å². The van der Waals surface area contributed by atoms with E-state index >= 15 is 0 Å². The highest BCUT2D eigenvalue weighted by Gasteiger charge is 2.22. The normalized spacial score (nSPS) is 12.6. The Kier molecular flexibility index (Phi) is 9.31. The van der Waals surface area contributed by atoms with E-state index in [4.69, 9.17) is 0 Å². The van der Waals surface area contributed by atoms with Crippen molar-refractivity contribution in [3.8, 4) is 6.07 Å². The summed E-state index contributed by atoms with van der Waals surface area (Å²) >= 11 is 4.33. The molecule has 0 unspecified atom stereocenters. The molecule has 2 aromatic carbocycles. The number of hydrogen-bond acceptors (Lipinski definition) is 7. The molecule has 206 valence electrons. The first-order valence-electron chi connectivity index (χ1n) is 13.0. The third-order valence-electron chi connectivity index (χ3n) is 6.38. The zero-order chi connectivity index (χ0) is 28.6. The van der Waals surface area contributed by atoms with Gasteiger partial charge < -0.3 is 16.0 Å². The van der Waals surface area contributed by atoms with Crippen molar-refractivity contribution in [1.82, 2.24) is 5.32 Å². The minimum atomic E-state index is -0.467. The Labute approximate surface area is 250 Å². The largest absolute Gasteiger partial charge is 0.321 e. The Bertz CT molecular complexity index is 1640. The maximum atomic E-state index is 13.2. The molecule has 0 atom stereocenters. The predicted octanol–water partition coefficient (Wildman–Crippen LogP) is 6.70. The summed E-state index contributed by atoms with van der Waals surface area (Å²) in [5.74, 6) is -0.889. The number of nitrogens with zero attached hydrogens (tertiary/aromatic N) is 1. The molecule has 2 aromatic heterocycles. The Morgan fingerprint density at radius 2 is 1.83 bits per heavy atom. The lowest BCUT2D eigenvalue weighted by atomic mass is 9.96. The van der Waals surface area contributed by atoms with Crippen molar-refractivity contribution in [2.24, 2.45) is 0 Å². The van der Waals surface area contributed by atoms with Gasteiger partial charge in [0.05, 0.1) is 11.3 Å². The number of thiophene rings is 2. The summed E-state index contributed by atoms with van der Waals surface area (Å²) in [7, 11) is 0. The molecular weight excluding hydrogens is 573 g/mol. The van der Waals surface area contributed by atoms with Gasteiger partial charge in [0.15, 0.2) is 0 Å². The van der Waals surface area contributed by atoms with Gasteiger partial charge in [0.1, 0.15) is 16.8 Å². The number of aryl methyl sites for hydroxylation is 1. The lowest BCUT2D eigenvalue weighted by molar-refractivity contribution is -0.114. The molecule has 10 heteroatoms. The molecule has 0 fully saturated rings. The minimum absolute atomic E-state index is 0.113. The molecule has 3 amide bonds. The molecule has 4 aromatic rings. The van der Waals surface area contributed by atoms with Crippen molar-refractivity contribution in [2.75, 3.05) is 16.4 Å². The molecule has 41 heavy (non-hydrogen) atoms. The maximum absolute atomic E-state index is 13.2. The highest BCUT2D eigenvalue weighted by atomic mass is 32.2. The lowest BCUT2D eigenvalue weighted by Gasteiger charge is -2.12. The van der Waals surface area contributed by atoms with Gasteiger partial charge in [-0.15, -0.1) is 23.1 Å². The molecule has 1 aliphatic carbocycles. The molecular formula is C31H26N4O3S3. The summed E-state index contributed by atoms with van der Waals surface area (Å²) in [4.78, 5) is 40.8. The second-order valence-corrected chi connectivity index (χ2v) is 12.2. The van der Waals surface area contributed by atoms with Gasteiger partial charge in [-0.2, -0.15) is 16.6 Å². The van der Waals surface area contributed by atoms with Gasteiger partial charge in [0.2, 0.25) is 5.91 Å². The average Bonchev–Trinajstić information content (AvgIpc) is 3.63. The van der Waals surface area contributed by atoms with Crippen LogP contribution in [0.2, 0.25) is 0 Å². The SMILES string of the molecule is N#Cc1c(NC(=O)CSc2cccc(NC(=O)/C(=C/c3ccsc3)NC(=O)c3ccccc3)c2)sc2c1CCCC2. The molecule has 3 N–H and O–H groups in total. The number of amides is 3. The number of carbonyl (C=O) groups excluding carboxylic acids is 3. The first-order valence-corrected chi connectivity index (χ1v) is 15.7. The molecule has 0 radical (unpaired) electrons. The second-order valence-electron chi connectivity index (χ2n) is 9.28. The quantitative estimate of drug-likeness (QED) is 0.147. The summed E-state index contributed by atoms with van der Waals surface area (Å²) in [6.07, 6.45) is 5.65. The van der Waals surface area contributed by atoms with E-state index in [1.54, 1.807) is 48.5 Å². The van der Waals surface area contributed by atoms with Crippen LogP contribution < -0.4 is 16.0 Å². The minimum Gasteiger partial charge on any atom is -0.321 e. The van der Waals surface area contributed by atoms with E-state index < -0.39 is 5.91 Å². The smallest absolute Gasteiger partial charge is 0.272 e. The molecule has 7 nitrogen and oxygen atoms in total. The predicted molar refractivity (Wildman–Crippen MR) is 166 cm³/mol. The van der Waals surface area contributed by atoms with Gasteiger partial charge in [-0.1, -0.05) is 24.3 Å². The van der Waals surface area contributed by atoms with Crippen LogP contribution in [0.1, 0.15) is 44.8 Å². The van der Waals surface area contributed by atoms with Gasteiger partial charge in [-0.25, -0.2) is 0 Å². The van der Waals surface area contributed by atoms with Crippen LogP contribution in [0.3, 0.4) is 0 Å². The fraction of sp³-hybridized carbons (Fsp3) is 0.161. The zero-order valence-electron chi connectivity index (χ0n) is 21.9. The Balaban J connectivity index is 1.23. The van der Waals surface area contributed by atoms with Gasteiger partial charge in [0, 0.05) is 21.0 Å². The monoisotopic (exact) mass is 598 g/mol. The van der Waals surface area contributed by atoms with Crippen LogP contribution in [0.25, 0.3) is 6.08 Å². The standard InChI is InChI=1S/C31H26N4O3S3/c32-17-25-24-11-4-5-12-27(24)41-31(25)35-28(36)19-40-23-10-6-9-22(16-23)33-30(38)26(15-20-13-14-39-18-20)34-29(37)21-7-2-1-3-8-21/h1-3,6-10,13-16,18H,4-5,11-12,19H2,(H,33,38)(H,34,37)(H,35,36)/b26-15-. The van der Waals surface area contributed by atoms with Crippen LogP contribution in [0.4, 0.5) is 10.7 Å². The number of benzene rings is 2. The van der Waals surface area contributed by atoms with Crippen molar-refractivity contribution in [1.29, 1.82) is 5.26 Å². The number of fused-ring (bicyclic) bond motifs is 1. The van der Waals surface area contributed by atoms with Crippen molar-refractivity contribution in [3.05, 3.63) is 104 Å². The van der Waals surface area contributed by atoms with Crippen molar-refractivity contribution >= 4 is 68.9 Å². The fourth-order valence-corrected chi connectivity index (χ4v) is 7.04. The van der Waals surface area contributed by atoms with E-state index in [0.29, 0.717) is 21.8 Å². The number of anilines is 2. The summed E-state index contributed by atoms with van der Waals surface area (Å²) in [5, 5.41) is 22.6. The molecule has 5 rings (SSSR count). The molecule has 0 saturated heterocycles. The van der Waals surface area contributed by atoms with E-state index in [0.717, 1.165) is 41.7 Å². The van der Waals surface area contributed by atoms with E-state index in [-0.39, 0.29) is 23.3 Å². The summed E-state index contributed by atoms with van der Waals surface area (Å²) in [5.41, 5.74) is 3.57. The number of carbonyl (C=O) groups is 3. The van der Waals surface area contributed by atoms with Gasteiger partial charge in [-0.05, 0) is 90.0 Å². The molecule has 0 bridgehead atoms. The summed E-state index contributed by atoms with van der Waals surface area (Å²) in [6, 6.07) is 20.0. The molecule has 0 aliphatic heterocycles. The van der Waals surface area contributed by atoms with Crippen LogP contribution >= 0.6 is 34.4 Å². The topological polar surface area (TPSA) is 111 Å². The highest BCUT2D eigenvalue weighted by Crippen LogP contribution is 2.37.